The fraction of sp³-hybridized carbons (Fsp3) is 0.235. The molecule has 0 aliphatic heterocycles. The molecular weight excluding hydrogens is 232 g/mol. The van der Waals surface area contributed by atoms with Crippen LogP contribution in [-0.2, 0) is 0 Å². The number of hydrogen-bond acceptors (Lipinski definition) is 1. The molecule has 0 saturated carbocycles. The minimum atomic E-state index is 1.11. The molecular formula is C17H20N2. The molecule has 0 fully saturated rings. The van der Waals surface area contributed by atoms with Gasteiger partial charge < -0.3 is 4.90 Å². The molecule has 0 atom stereocenters. The van der Waals surface area contributed by atoms with Crippen LogP contribution in [0.3, 0.4) is 0 Å². The van der Waals surface area contributed by atoms with Crippen LogP contribution in [0.15, 0.2) is 36.4 Å². The van der Waals surface area contributed by atoms with Crippen molar-refractivity contribution in [3.8, 4) is 0 Å². The van der Waals surface area contributed by atoms with Gasteiger partial charge in [0.05, 0.1) is 17.7 Å². The zero-order valence-electron chi connectivity index (χ0n) is 12.0. The number of nitrogens with one attached hydrogen (secondary N) is 1. The van der Waals surface area contributed by atoms with E-state index in [9.17, 15) is 0 Å². The van der Waals surface area contributed by atoms with Gasteiger partial charge in [-0.3, -0.25) is 5.41 Å². The molecule has 0 amide bonds. The molecule has 1 N–H and O–H groups in total. The van der Waals surface area contributed by atoms with Gasteiger partial charge in [-0.05, 0) is 49.9 Å². The predicted molar refractivity (Wildman–Crippen MR) is 82.8 cm³/mol. The lowest BCUT2D eigenvalue weighted by Crippen LogP contribution is -2.18. The second-order valence-electron chi connectivity index (χ2n) is 4.98. The summed E-state index contributed by atoms with van der Waals surface area (Å²) < 4.78 is 0. The summed E-state index contributed by atoms with van der Waals surface area (Å²) in [6.07, 6.45) is 1.41. The number of hydrogen-bond donors (Lipinski definition) is 1. The first-order valence-corrected chi connectivity index (χ1v) is 6.48. The molecule has 0 saturated heterocycles. The highest BCUT2D eigenvalue weighted by Crippen LogP contribution is 2.34. The van der Waals surface area contributed by atoms with Crippen molar-refractivity contribution < 1.29 is 0 Å². The molecule has 0 unspecified atom stereocenters. The largest absolute Gasteiger partial charge is 0.301 e. The van der Waals surface area contributed by atoms with Crippen molar-refractivity contribution >= 4 is 17.7 Å². The topological polar surface area (TPSA) is 27.1 Å². The molecule has 2 rings (SSSR count). The summed E-state index contributed by atoms with van der Waals surface area (Å²) in [6.45, 7) is 8.36. The van der Waals surface area contributed by atoms with E-state index in [0.29, 0.717) is 0 Å². The maximum Gasteiger partial charge on any atom is 0.0908 e. The van der Waals surface area contributed by atoms with Crippen LogP contribution in [0.25, 0.3) is 0 Å². The summed E-state index contributed by atoms with van der Waals surface area (Å²) in [6, 6.07) is 12.5. The fourth-order valence-corrected chi connectivity index (χ4v) is 2.61. The lowest BCUT2D eigenvalue weighted by Gasteiger charge is -2.26. The van der Waals surface area contributed by atoms with E-state index in [4.69, 9.17) is 5.41 Å². The second kappa shape index (κ2) is 5.27. The van der Waals surface area contributed by atoms with Gasteiger partial charge in [-0.25, -0.2) is 0 Å². The Morgan fingerprint density at radius 1 is 0.737 bits per heavy atom. The van der Waals surface area contributed by atoms with E-state index in [-0.39, 0.29) is 0 Å². The summed E-state index contributed by atoms with van der Waals surface area (Å²) in [7, 11) is 0. The molecule has 98 valence electrons. The van der Waals surface area contributed by atoms with Crippen LogP contribution in [0.5, 0.6) is 0 Å². The first-order chi connectivity index (χ1) is 9.06. The standard InChI is InChI=1S/C17H20N2/c1-12-7-5-8-13(2)16(12)19(11-18)17-14(3)9-6-10-15(17)4/h5-11,18H,1-4H3. The SMILES string of the molecule is Cc1cccc(C)c1N(C=N)c1c(C)cccc1C. The Kier molecular flexibility index (Phi) is 3.70. The van der Waals surface area contributed by atoms with Crippen molar-refractivity contribution in [2.45, 2.75) is 27.7 Å². The van der Waals surface area contributed by atoms with E-state index in [1.807, 2.05) is 4.90 Å². The second-order valence-corrected chi connectivity index (χ2v) is 4.98. The van der Waals surface area contributed by atoms with Crippen LogP contribution in [0.4, 0.5) is 11.4 Å². The van der Waals surface area contributed by atoms with Crippen molar-refractivity contribution in [1.82, 2.24) is 0 Å². The van der Waals surface area contributed by atoms with E-state index in [2.05, 4.69) is 64.1 Å². The average molecular weight is 252 g/mol. The monoisotopic (exact) mass is 252 g/mol. The molecule has 0 aliphatic carbocycles. The summed E-state index contributed by atoms with van der Waals surface area (Å²) in [5, 5.41) is 7.82. The van der Waals surface area contributed by atoms with E-state index in [1.165, 1.54) is 28.6 Å². The number of aryl methyl sites for hydroxylation is 4. The van der Waals surface area contributed by atoms with E-state index >= 15 is 0 Å². The highest BCUT2D eigenvalue weighted by atomic mass is 15.1. The van der Waals surface area contributed by atoms with Crippen LogP contribution in [0.1, 0.15) is 22.3 Å². The van der Waals surface area contributed by atoms with Gasteiger partial charge in [0.2, 0.25) is 0 Å². The molecule has 0 bridgehead atoms. The van der Waals surface area contributed by atoms with Crippen LogP contribution in [0.2, 0.25) is 0 Å². The Morgan fingerprint density at radius 3 is 1.32 bits per heavy atom. The molecule has 2 aromatic rings. The smallest absolute Gasteiger partial charge is 0.0908 e. The van der Waals surface area contributed by atoms with Gasteiger partial charge in [0.15, 0.2) is 0 Å². The molecule has 0 spiro atoms. The third kappa shape index (κ3) is 2.39. The van der Waals surface area contributed by atoms with Gasteiger partial charge in [0, 0.05) is 0 Å². The van der Waals surface area contributed by atoms with Gasteiger partial charge in [-0.1, -0.05) is 36.4 Å². The highest BCUT2D eigenvalue weighted by Gasteiger charge is 2.15. The molecule has 2 heteroatoms. The molecule has 0 radical (unpaired) electrons. The van der Waals surface area contributed by atoms with Gasteiger partial charge in [0.25, 0.3) is 0 Å². The Balaban J connectivity index is 2.67. The van der Waals surface area contributed by atoms with E-state index in [1.54, 1.807) is 0 Å². The predicted octanol–water partition coefficient (Wildman–Crippen LogP) is 4.67. The third-order valence-corrected chi connectivity index (χ3v) is 3.49. The zero-order valence-corrected chi connectivity index (χ0v) is 12.0. The Bertz CT molecular complexity index is 523. The van der Waals surface area contributed by atoms with Crippen molar-refractivity contribution in [2.75, 3.05) is 4.90 Å². The van der Waals surface area contributed by atoms with Crippen molar-refractivity contribution in [3.05, 3.63) is 58.7 Å². The lowest BCUT2D eigenvalue weighted by atomic mass is 10.0. The van der Waals surface area contributed by atoms with E-state index < -0.39 is 0 Å². The summed E-state index contributed by atoms with van der Waals surface area (Å²) in [4.78, 5) is 1.98. The normalized spacial score (nSPS) is 10.3. The minimum absolute atomic E-state index is 1.11. The maximum absolute atomic E-state index is 7.82. The Labute approximate surface area is 115 Å². The third-order valence-electron chi connectivity index (χ3n) is 3.49. The van der Waals surface area contributed by atoms with Crippen LogP contribution in [-0.4, -0.2) is 6.34 Å². The van der Waals surface area contributed by atoms with Gasteiger partial charge in [-0.15, -0.1) is 0 Å². The lowest BCUT2D eigenvalue weighted by molar-refractivity contribution is 1.21. The summed E-state index contributed by atoms with van der Waals surface area (Å²) in [5.41, 5.74) is 6.96. The van der Waals surface area contributed by atoms with Crippen molar-refractivity contribution in [2.24, 2.45) is 0 Å². The number of anilines is 2. The number of benzene rings is 2. The first kappa shape index (κ1) is 13.3. The van der Waals surface area contributed by atoms with Crippen LogP contribution in [0, 0.1) is 33.1 Å². The van der Waals surface area contributed by atoms with Crippen molar-refractivity contribution in [3.63, 3.8) is 0 Å². The van der Waals surface area contributed by atoms with E-state index in [0.717, 1.165) is 11.4 Å². The molecule has 2 aromatic carbocycles. The van der Waals surface area contributed by atoms with Gasteiger partial charge in [0.1, 0.15) is 0 Å². The Hall–Kier alpha value is -2.09. The number of para-hydroxylation sites is 2. The summed E-state index contributed by atoms with van der Waals surface area (Å²) >= 11 is 0. The molecule has 2 nitrogen and oxygen atoms in total. The first-order valence-electron chi connectivity index (χ1n) is 6.48. The Morgan fingerprint density at radius 2 is 1.05 bits per heavy atom. The minimum Gasteiger partial charge on any atom is -0.301 e. The van der Waals surface area contributed by atoms with Crippen LogP contribution < -0.4 is 4.90 Å². The zero-order chi connectivity index (χ0) is 14.0. The molecule has 0 aliphatic rings. The maximum atomic E-state index is 7.82. The highest BCUT2D eigenvalue weighted by molar-refractivity contribution is 5.92. The molecule has 0 aromatic heterocycles. The van der Waals surface area contributed by atoms with Crippen LogP contribution >= 0.6 is 0 Å². The molecule has 0 heterocycles. The fourth-order valence-electron chi connectivity index (χ4n) is 2.61. The number of nitrogens with zero attached hydrogens (tertiary/aromatic N) is 1. The van der Waals surface area contributed by atoms with Gasteiger partial charge >= 0.3 is 0 Å². The number of rotatable bonds is 3. The summed E-state index contributed by atoms with van der Waals surface area (Å²) in [5.74, 6) is 0. The van der Waals surface area contributed by atoms with Crippen molar-refractivity contribution in [1.29, 1.82) is 5.41 Å². The quantitative estimate of drug-likeness (QED) is 0.624. The molecule has 19 heavy (non-hydrogen) atoms. The average Bonchev–Trinajstić information content (AvgIpc) is 2.36. The van der Waals surface area contributed by atoms with Gasteiger partial charge in [-0.2, -0.15) is 0 Å².